The number of unbranched alkanes of at least 4 members (excludes halogenated alkanes) is 4. The molecule has 0 aliphatic rings. The van der Waals surface area contributed by atoms with Crippen LogP contribution >= 0.6 is 0 Å². The summed E-state index contributed by atoms with van der Waals surface area (Å²) in [5, 5.41) is 16.1. The quantitative estimate of drug-likeness (QED) is 0.625. The molecule has 4 N–H and O–H groups in total. The van der Waals surface area contributed by atoms with Gasteiger partial charge in [-0.25, -0.2) is 0 Å². The molecule has 0 aromatic rings. The van der Waals surface area contributed by atoms with E-state index in [1.807, 2.05) is 12.1 Å². The van der Waals surface area contributed by atoms with Gasteiger partial charge in [0.05, 0.1) is 12.1 Å². The third kappa shape index (κ3) is 23.6. The van der Waals surface area contributed by atoms with Gasteiger partial charge >= 0.3 is 0 Å². The van der Waals surface area contributed by atoms with Gasteiger partial charge in [-0.15, -0.1) is 0 Å². The van der Waals surface area contributed by atoms with Crippen LogP contribution in [0.3, 0.4) is 0 Å². The second-order valence-corrected chi connectivity index (χ2v) is 3.66. The largest absolute Gasteiger partial charge is 0.370 e. The van der Waals surface area contributed by atoms with Crippen molar-refractivity contribution in [3.63, 3.8) is 0 Å². The molecule has 0 aliphatic carbocycles. The number of rotatable bonds is 8. The van der Waals surface area contributed by atoms with Gasteiger partial charge < -0.3 is 11.5 Å². The molecule has 0 aromatic carbocycles. The third-order valence-corrected chi connectivity index (χ3v) is 1.92. The Labute approximate surface area is 108 Å². The summed E-state index contributed by atoms with van der Waals surface area (Å²) < 4.78 is 0. The van der Waals surface area contributed by atoms with E-state index in [1.165, 1.54) is 0 Å². The highest BCUT2D eigenvalue weighted by atomic mass is 16.1. The van der Waals surface area contributed by atoms with Gasteiger partial charge in [0.15, 0.2) is 0 Å². The topological polar surface area (TPSA) is 134 Å². The van der Waals surface area contributed by atoms with Crippen molar-refractivity contribution in [2.75, 3.05) is 0 Å². The highest BCUT2D eigenvalue weighted by Gasteiger charge is 1.92. The fraction of sp³-hybridized carbons (Fsp3) is 0.667. The maximum absolute atomic E-state index is 10.1. The number of nitrogens with zero attached hydrogens (tertiary/aromatic N) is 2. The Kier molecular flexibility index (Phi) is 15.2. The molecule has 0 aliphatic heterocycles. The van der Waals surface area contributed by atoms with Crippen LogP contribution in [0.1, 0.15) is 51.4 Å². The number of hydrogen-bond acceptors (Lipinski definition) is 4. The van der Waals surface area contributed by atoms with Crippen molar-refractivity contribution in [1.82, 2.24) is 0 Å². The number of amides is 2. The standard InChI is InChI=1S/2C6H10N2O/c2*7-5-3-1-2-4-6(8)9/h2*1-4H2,(H2,8,9). The van der Waals surface area contributed by atoms with Crippen molar-refractivity contribution in [2.24, 2.45) is 11.5 Å². The zero-order valence-corrected chi connectivity index (χ0v) is 10.5. The van der Waals surface area contributed by atoms with E-state index in [0.29, 0.717) is 25.7 Å². The minimum absolute atomic E-state index is 0.284. The number of nitrogens with two attached hydrogens (primary N) is 2. The molecule has 0 saturated heterocycles. The van der Waals surface area contributed by atoms with E-state index in [0.717, 1.165) is 25.7 Å². The molecule has 6 nitrogen and oxygen atoms in total. The molecular formula is C12H20N4O2. The Balaban J connectivity index is 0. The lowest BCUT2D eigenvalue weighted by Crippen LogP contribution is -2.09. The molecule has 0 atom stereocenters. The average molecular weight is 252 g/mol. The first kappa shape index (κ1) is 18.3. The lowest BCUT2D eigenvalue weighted by molar-refractivity contribution is -0.119. The summed E-state index contributed by atoms with van der Waals surface area (Å²) in [6.45, 7) is 0. The molecule has 0 rings (SSSR count). The van der Waals surface area contributed by atoms with Gasteiger partial charge in [0.1, 0.15) is 0 Å². The van der Waals surface area contributed by atoms with Crippen LogP contribution in [-0.2, 0) is 9.59 Å². The number of carbonyl (C=O) groups excluding carboxylic acids is 2. The summed E-state index contributed by atoms with van der Waals surface area (Å²) in [5.74, 6) is -0.569. The van der Waals surface area contributed by atoms with Gasteiger partial charge in [0.2, 0.25) is 11.8 Å². The Morgan fingerprint density at radius 3 is 1.33 bits per heavy atom. The highest BCUT2D eigenvalue weighted by molar-refractivity contribution is 5.73. The zero-order valence-electron chi connectivity index (χ0n) is 10.5. The zero-order chi connectivity index (χ0) is 14.2. The molecule has 0 bridgehead atoms. The van der Waals surface area contributed by atoms with E-state index in [-0.39, 0.29) is 11.8 Å². The van der Waals surface area contributed by atoms with E-state index >= 15 is 0 Å². The molecule has 18 heavy (non-hydrogen) atoms. The van der Waals surface area contributed by atoms with E-state index in [2.05, 4.69) is 0 Å². The summed E-state index contributed by atoms with van der Waals surface area (Å²) in [5.41, 5.74) is 9.71. The minimum Gasteiger partial charge on any atom is -0.370 e. The fourth-order valence-electron chi connectivity index (χ4n) is 1.01. The second kappa shape index (κ2) is 14.9. The van der Waals surface area contributed by atoms with Crippen molar-refractivity contribution >= 4 is 11.8 Å². The van der Waals surface area contributed by atoms with Crippen LogP contribution in [-0.4, -0.2) is 11.8 Å². The predicted molar refractivity (Wildman–Crippen MR) is 66.6 cm³/mol. The molecule has 6 heteroatoms. The Morgan fingerprint density at radius 2 is 1.11 bits per heavy atom. The minimum atomic E-state index is -0.284. The summed E-state index contributed by atoms with van der Waals surface area (Å²) in [4.78, 5) is 20.2. The number of hydrogen-bond donors (Lipinski definition) is 2. The number of primary amides is 2. The maximum atomic E-state index is 10.1. The lowest BCUT2D eigenvalue weighted by atomic mass is 10.2. The second-order valence-electron chi connectivity index (χ2n) is 3.66. The van der Waals surface area contributed by atoms with Gasteiger partial charge in [-0.3, -0.25) is 9.59 Å². The molecule has 0 heterocycles. The van der Waals surface area contributed by atoms with Gasteiger partial charge in [-0.2, -0.15) is 10.5 Å². The van der Waals surface area contributed by atoms with Gasteiger partial charge in [-0.1, -0.05) is 0 Å². The first-order valence-electron chi connectivity index (χ1n) is 5.85. The van der Waals surface area contributed by atoms with Crippen molar-refractivity contribution in [1.29, 1.82) is 10.5 Å². The molecule has 0 spiro atoms. The van der Waals surface area contributed by atoms with E-state index in [4.69, 9.17) is 22.0 Å². The highest BCUT2D eigenvalue weighted by Crippen LogP contribution is 1.97. The molecule has 100 valence electrons. The van der Waals surface area contributed by atoms with E-state index in [9.17, 15) is 9.59 Å². The van der Waals surface area contributed by atoms with Crippen LogP contribution in [0.5, 0.6) is 0 Å². The first-order valence-corrected chi connectivity index (χ1v) is 5.85. The molecule has 2 amide bonds. The Morgan fingerprint density at radius 1 is 0.778 bits per heavy atom. The van der Waals surface area contributed by atoms with Gasteiger partial charge in [-0.05, 0) is 25.7 Å². The van der Waals surface area contributed by atoms with Gasteiger partial charge in [0.25, 0.3) is 0 Å². The Bertz CT molecular complexity index is 283. The van der Waals surface area contributed by atoms with Crippen molar-refractivity contribution in [3.8, 4) is 12.1 Å². The molecule has 0 saturated carbocycles. The first-order chi connectivity index (χ1) is 8.54. The van der Waals surface area contributed by atoms with Crippen molar-refractivity contribution in [3.05, 3.63) is 0 Å². The van der Waals surface area contributed by atoms with Crippen LogP contribution < -0.4 is 11.5 Å². The normalized spacial score (nSPS) is 8.33. The molecule has 0 aromatic heterocycles. The van der Waals surface area contributed by atoms with Crippen molar-refractivity contribution in [2.45, 2.75) is 51.4 Å². The fourth-order valence-corrected chi connectivity index (χ4v) is 1.01. The molecule has 0 radical (unpaired) electrons. The summed E-state index contributed by atoms with van der Waals surface area (Å²) in [6.07, 6.45) is 4.88. The Hall–Kier alpha value is -2.08. The number of carbonyl (C=O) groups is 2. The van der Waals surface area contributed by atoms with E-state index < -0.39 is 0 Å². The van der Waals surface area contributed by atoms with Crippen LogP contribution in [0, 0.1) is 22.7 Å². The summed E-state index contributed by atoms with van der Waals surface area (Å²) in [6, 6.07) is 3.98. The predicted octanol–water partition coefficient (Wildman–Crippen LogP) is 1.11. The third-order valence-electron chi connectivity index (χ3n) is 1.92. The van der Waals surface area contributed by atoms with Crippen LogP contribution in [0.4, 0.5) is 0 Å². The smallest absolute Gasteiger partial charge is 0.217 e. The maximum Gasteiger partial charge on any atom is 0.217 e. The molecular weight excluding hydrogens is 232 g/mol. The molecule has 0 unspecified atom stereocenters. The molecule has 0 fully saturated rings. The number of nitriles is 2. The monoisotopic (exact) mass is 252 g/mol. The van der Waals surface area contributed by atoms with Crippen molar-refractivity contribution < 1.29 is 9.59 Å². The summed E-state index contributed by atoms with van der Waals surface area (Å²) in [7, 11) is 0. The van der Waals surface area contributed by atoms with E-state index in [1.54, 1.807) is 0 Å². The SMILES string of the molecule is N#CCCCCC(N)=O.N#CCCCCC(N)=O. The van der Waals surface area contributed by atoms with Crippen LogP contribution in [0.15, 0.2) is 0 Å². The van der Waals surface area contributed by atoms with Crippen LogP contribution in [0.2, 0.25) is 0 Å². The lowest BCUT2D eigenvalue weighted by Gasteiger charge is -1.89. The van der Waals surface area contributed by atoms with Crippen LogP contribution in [0.25, 0.3) is 0 Å². The average Bonchev–Trinajstić information content (AvgIpc) is 2.31. The summed E-state index contributed by atoms with van der Waals surface area (Å²) >= 11 is 0. The van der Waals surface area contributed by atoms with Gasteiger partial charge in [0, 0.05) is 25.7 Å².